The second kappa shape index (κ2) is 9.55. The summed E-state index contributed by atoms with van der Waals surface area (Å²) in [5.41, 5.74) is 2.29. The highest BCUT2D eigenvalue weighted by Gasteiger charge is 2.20. The van der Waals surface area contributed by atoms with E-state index in [-0.39, 0.29) is 0 Å². The van der Waals surface area contributed by atoms with Crippen LogP contribution in [0, 0.1) is 19.8 Å². The Bertz CT molecular complexity index is 493. The van der Waals surface area contributed by atoms with Crippen molar-refractivity contribution in [1.82, 2.24) is 20.4 Å². The smallest absolute Gasteiger partial charge is 0.191 e. The van der Waals surface area contributed by atoms with Gasteiger partial charge in [0.2, 0.25) is 0 Å². The molecule has 1 aromatic rings. The number of nitrogens with zero attached hydrogens (tertiary/aromatic N) is 3. The minimum Gasteiger partial charge on any atom is -0.379 e. The summed E-state index contributed by atoms with van der Waals surface area (Å²) in [6.07, 6.45) is 3.66. The molecular formula is C17H31N5O. The first-order valence-corrected chi connectivity index (χ1v) is 8.80. The number of hydrogen-bond donors (Lipinski definition) is 2. The lowest BCUT2D eigenvalue weighted by Gasteiger charge is -2.11. The monoisotopic (exact) mass is 321 g/mol. The summed E-state index contributed by atoms with van der Waals surface area (Å²) in [5, 5.41) is 11.1. The van der Waals surface area contributed by atoms with Gasteiger partial charge < -0.3 is 15.4 Å². The molecule has 0 saturated heterocycles. The van der Waals surface area contributed by atoms with Crippen LogP contribution >= 0.6 is 0 Å². The number of nitrogens with one attached hydrogen (secondary N) is 2. The topological polar surface area (TPSA) is 63.5 Å². The molecule has 2 rings (SSSR count). The third-order valence-electron chi connectivity index (χ3n) is 3.83. The van der Waals surface area contributed by atoms with Crippen molar-refractivity contribution in [2.45, 2.75) is 46.6 Å². The van der Waals surface area contributed by atoms with Crippen molar-refractivity contribution < 1.29 is 4.74 Å². The van der Waals surface area contributed by atoms with E-state index in [4.69, 9.17) is 4.74 Å². The first-order chi connectivity index (χ1) is 11.2. The fraction of sp³-hybridized carbons (Fsp3) is 0.765. The van der Waals surface area contributed by atoms with Gasteiger partial charge in [-0.3, -0.25) is 9.67 Å². The quantitative estimate of drug-likeness (QED) is 0.392. The largest absolute Gasteiger partial charge is 0.379 e. The van der Waals surface area contributed by atoms with Crippen molar-refractivity contribution >= 4 is 5.96 Å². The molecule has 0 bridgehead atoms. The van der Waals surface area contributed by atoms with Crippen LogP contribution in [0.4, 0.5) is 0 Å². The molecule has 1 fully saturated rings. The maximum Gasteiger partial charge on any atom is 0.191 e. The van der Waals surface area contributed by atoms with E-state index in [0.29, 0.717) is 0 Å². The minimum absolute atomic E-state index is 0.743. The van der Waals surface area contributed by atoms with Gasteiger partial charge in [0.15, 0.2) is 5.96 Å². The van der Waals surface area contributed by atoms with Gasteiger partial charge in [-0.15, -0.1) is 0 Å². The van der Waals surface area contributed by atoms with Crippen molar-refractivity contribution in [3.8, 4) is 0 Å². The van der Waals surface area contributed by atoms with E-state index in [2.05, 4.69) is 45.3 Å². The Labute approximate surface area is 139 Å². The van der Waals surface area contributed by atoms with Crippen LogP contribution < -0.4 is 10.6 Å². The Morgan fingerprint density at radius 3 is 2.87 bits per heavy atom. The van der Waals surface area contributed by atoms with Crippen molar-refractivity contribution in [2.75, 3.05) is 32.8 Å². The summed E-state index contributed by atoms with van der Waals surface area (Å²) in [6.45, 7) is 11.2. The third kappa shape index (κ3) is 7.03. The van der Waals surface area contributed by atoms with Gasteiger partial charge in [0.1, 0.15) is 0 Å². The van der Waals surface area contributed by atoms with E-state index >= 15 is 0 Å². The lowest BCUT2D eigenvalue weighted by molar-refractivity contribution is 0.129. The molecule has 1 aromatic heterocycles. The standard InChI is InChI=1S/C17H31N5O/c1-4-18-17(20-9-11-23-13-16-6-7-16)19-8-5-10-22-15(3)12-14(2)21-22/h12,16H,4-11,13H2,1-3H3,(H2,18,19,20). The van der Waals surface area contributed by atoms with Gasteiger partial charge in [-0.05, 0) is 52.0 Å². The van der Waals surface area contributed by atoms with Crippen LogP contribution in [-0.2, 0) is 11.3 Å². The number of aliphatic imine (C=N–C) groups is 1. The molecule has 0 amide bonds. The molecular weight excluding hydrogens is 290 g/mol. The van der Waals surface area contributed by atoms with E-state index in [0.717, 1.165) is 63.4 Å². The van der Waals surface area contributed by atoms with Gasteiger partial charge in [-0.1, -0.05) is 0 Å². The third-order valence-corrected chi connectivity index (χ3v) is 3.83. The predicted molar refractivity (Wildman–Crippen MR) is 93.8 cm³/mol. The predicted octanol–water partition coefficient (Wildman–Crippen LogP) is 1.87. The highest BCUT2D eigenvalue weighted by molar-refractivity contribution is 5.79. The highest BCUT2D eigenvalue weighted by atomic mass is 16.5. The molecule has 1 saturated carbocycles. The molecule has 2 N–H and O–H groups in total. The first-order valence-electron chi connectivity index (χ1n) is 8.80. The van der Waals surface area contributed by atoms with E-state index in [1.54, 1.807) is 0 Å². The Balaban J connectivity index is 1.62. The van der Waals surface area contributed by atoms with Crippen LogP contribution in [0.25, 0.3) is 0 Å². The van der Waals surface area contributed by atoms with Crippen LogP contribution in [0.2, 0.25) is 0 Å². The zero-order valence-corrected chi connectivity index (χ0v) is 14.8. The van der Waals surface area contributed by atoms with E-state index < -0.39 is 0 Å². The van der Waals surface area contributed by atoms with Crippen molar-refractivity contribution in [3.63, 3.8) is 0 Å². The van der Waals surface area contributed by atoms with Gasteiger partial charge in [-0.2, -0.15) is 5.10 Å². The molecule has 130 valence electrons. The normalized spacial score (nSPS) is 15.0. The maximum absolute atomic E-state index is 5.63. The molecule has 1 heterocycles. The number of hydrogen-bond acceptors (Lipinski definition) is 3. The molecule has 0 aromatic carbocycles. The van der Waals surface area contributed by atoms with Crippen molar-refractivity contribution in [1.29, 1.82) is 0 Å². The van der Waals surface area contributed by atoms with E-state index in [9.17, 15) is 0 Å². The average molecular weight is 321 g/mol. The molecule has 23 heavy (non-hydrogen) atoms. The summed E-state index contributed by atoms with van der Waals surface area (Å²) in [5.74, 6) is 1.70. The summed E-state index contributed by atoms with van der Waals surface area (Å²) < 4.78 is 7.68. The highest BCUT2D eigenvalue weighted by Crippen LogP contribution is 2.28. The second-order valence-electron chi connectivity index (χ2n) is 6.21. The Morgan fingerprint density at radius 1 is 1.39 bits per heavy atom. The molecule has 6 heteroatoms. The van der Waals surface area contributed by atoms with Crippen LogP contribution in [0.1, 0.15) is 37.6 Å². The second-order valence-corrected chi connectivity index (χ2v) is 6.21. The fourth-order valence-electron chi connectivity index (χ4n) is 2.43. The minimum atomic E-state index is 0.743. The Hall–Kier alpha value is -1.56. The lowest BCUT2D eigenvalue weighted by atomic mass is 10.4. The average Bonchev–Trinajstić information content (AvgIpc) is 3.28. The van der Waals surface area contributed by atoms with Crippen molar-refractivity contribution in [2.24, 2.45) is 10.9 Å². The van der Waals surface area contributed by atoms with Crippen LogP contribution in [-0.4, -0.2) is 48.6 Å². The molecule has 0 unspecified atom stereocenters. The number of rotatable bonds is 10. The van der Waals surface area contributed by atoms with Gasteiger partial charge in [0.05, 0.1) is 12.3 Å². The summed E-state index contributed by atoms with van der Waals surface area (Å²) in [7, 11) is 0. The van der Waals surface area contributed by atoms with E-state index in [1.165, 1.54) is 18.5 Å². The number of ether oxygens (including phenoxy) is 1. The molecule has 0 spiro atoms. The van der Waals surface area contributed by atoms with Gasteiger partial charge in [0.25, 0.3) is 0 Å². The molecule has 0 radical (unpaired) electrons. The molecule has 1 aliphatic rings. The van der Waals surface area contributed by atoms with Crippen molar-refractivity contribution in [3.05, 3.63) is 17.5 Å². The molecule has 6 nitrogen and oxygen atoms in total. The Kier molecular flexibility index (Phi) is 7.39. The SMILES string of the molecule is CCNC(=NCCCn1nc(C)cc1C)NCCOCC1CC1. The van der Waals surface area contributed by atoms with Crippen LogP contribution in [0.5, 0.6) is 0 Å². The zero-order valence-electron chi connectivity index (χ0n) is 14.8. The molecule has 0 atom stereocenters. The number of aryl methyl sites for hydroxylation is 3. The van der Waals surface area contributed by atoms with Crippen LogP contribution in [0.15, 0.2) is 11.1 Å². The van der Waals surface area contributed by atoms with E-state index in [1.807, 2.05) is 6.92 Å². The fourth-order valence-corrected chi connectivity index (χ4v) is 2.43. The maximum atomic E-state index is 5.63. The molecule has 0 aliphatic heterocycles. The summed E-state index contributed by atoms with van der Waals surface area (Å²) in [6, 6.07) is 2.11. The Morgan fingerprint density at radius 2 is 2.22 bits per heavy atom. The summed E-state index contributed by atoms with van der Waals surface area (Å²) in [4.78, 5) is 4.61. The van der Waals surface area contributed by atoms with Gasteiger partial charge in [-0.25, -0.2) is 0 Å². The van der Waals surface area contributed by atoms with Gasteiger partial charge in [0, 0.05) is 38.5 Å². The number of aromatic nitrogens is 2. The van der Waals surface area contributed by atoms with Crippen LogP contribution in [0.3, 0.4) is 0 Å². The first kappa shape index (κ1) is 17.8. The lowest BCUT2D eigenvalue weighted by Crippen LogP contribution is -2.39. The van der Waals surface area contributed by atoms with Gasteiger partial charge >= 0.3 is 0 Å². The summed E-state index contributed by atoms with van der Waals surface area (Å²) >= 11 is 0. The molecule has 1 aliphatic carbocycles. The number of guanidine groups is 1. The zero-order chi connectivity index (χ0) is 16.5.